The second kappa shape index (κ2) is 6.53. The van der Waals surface area contributed by atoms with E-state index in [1.54, 1.807) is 6.92 Å². The molecule has 5 nitrogen and oxygen atoms in total. The van der Waals surface area contributed by atoms with Gasteiger partial charge < -0.3 is 14.2 Å². The Morgan fingerprint density at radius 2 is 2.07 bits per heavy atom. The molecular formula is C10H16O5. The molecule has 0 saturated carbocycles. The largest absolute Gasteiger partial charge is 0.466 e. The van der Waals surface area contributed by atoms with Gasteiger partial charge in [0.25, 0.3) is 0 Å². The molecule has 0 radical (unpaired) electrons. The fourth-order valence-corrected chi connectivity index (χ4v) is 1.07. The van der Waals surface area contributed by atoms with Gasteiger partial charge in [-0.1, -0.05) is 0 Å². The Bertz CT molecular complexity index is 222. The number of carbonyl (C=O) groups excluding carboxylic acids is 2. The predicted octanol–water partition coefficient (Wildman–Crippen LogP) is 0.314. The van der Waals surface area contributed by atoms with Crippen LogP contribution in [0.3, 0.4) is 0 Å². The highest BCUT2D eigenvalue weighted by atomic mass is 16.6. The highest BCUT2D eigenvalue weighted by Gasteiger charge is 2.20. The summed E-state index contributed by atoms with van der Waals surface area (Å²) >= 11 is 0. The minimum Gasteiger partial charge on any atom is -0.466 e. The van der Waals surface area contributed by atoms with Crippen molar-refractivity contribution in [2.75, 3.05) is 26.4 Å². The van der Waals surface area contributed by atoms with Gasteiger partial charge in [-0.15, -0.1) is 0 Å². The van der Waals surface area contributed by atoms with E-state index in [1.807, 2.05) is 0 Å². The van der Waals surface area contributed by atoms with E-state index < -0.39 is 0 Å². The maximum absolute atomic E-state index is 11.2. The van der Waals surface area contributed by atoms with Crippen molar-refractivity contribution in [3.63, 3.8) is 0 Å². The first kappa shape index (κ1) is 12.1. The van der Waals surface area contributed by atoms with E-state index in [0.717, 1.165) is 0 Å². The molecule has 1 aliphatic heterocycles. The molecule has 0 unspecified atom stereocenters. The van der Waals surface area contributed by atoms with Crippen molar-refractivity contribution in [1.82, 2.24) is 0 Å². The number of esters is 1. The zero-order valence-corrected chi connectivity index (χ0v) is 8.86. The van der Waals surface area contributed by atoms with Crippen LogP contribution in [0.15, 0.2) is 0 Å². The normalized spacial score (nSPS) is 15.8. The van der Waals surface area contributed by atoms with Crippen LogP contribution in [0.1, 0.15) is 19.8 Å². The topological polar surface area (TPSA) is 61.8 Å². The second-order valence-corrected chi connectivity index (χ2v) is 3.31. The first-order valence-electron chi connectivity index (χ1n) is 5.09. The van der Waals surface area contributed by atoms with Crippen molar-refractivity contribution < 1.29 is 23.8 Å². The number of carbonyl (C=O) groups is 2. The van der Waals surface area contributed by atoms with Crippen LogP contribution in [0.25, 0.3) is 0 Å². The fraction of sp³-hybridized carbons (Fsp3) is 0.800. The summed E-state index contributed by atoms with van der Waals surface area (Å²) in [5, 5.41) is 0. The van der Waals surface area contributed by atoms with Crippen molar-refractivity contribution in [2.45, 2.75) is 25.9 Å². The Hall–Kier alpha value is -0.940. The summed E-state index contributed by atoms with van der Waals surface area (Å²) < 4.78 is 14.8. The summed E-state index contributed by atoms with van der Waals surface area (Å²) in [5.41, 5.74) is 0. The lowest BCUT2D eigenvalue weighted by Crippen LogP contribution is -2.37. The molecule has 5 heteroatoms. The Labute approximate surface area is 88.7 Å². The Morgan fingerprint density at radius 3 is 2.60 bits per heavy atom. The third kappa shape index (κ3) is 4.90. The van der Waals surface area contributed by atoms with Crippen LogP contribution in [-0.4, -0.2) is 44.3 Å². The monoisotopic (exact) mass is 216 g/mol. The van der Waals surface area contributed by atoms with Crippen molar-refractivity contribution in [3.05, 3.63) is 0 Å². The lowest BCUT2D eigenvalue weighted by Gasteiger charge is -2.25. The minimum absolute atomic E-state index is 0.0524. The molecule has 1 rings (SSSR count). The van der Waals surface area contributed by atoms with Crippen LogP contribution in [0.2, 0.25) is 0 Å². The average Bonchev–Trinajstić information content (AvgIpc) is 2.13. The van der Waals surface area contributed by atoms with Crippen LogP contribution in [0.5, 0.6) is 0 Å². The van der Waals surface area contributed by atoms with E-state index >= 15 is 0 Å². The summed E-state index contributed by atoms with van der Waals surface area (Å²) in [5.74, 6) is -0.409. The minimum atomic E-state index is -0.335. The third-order valence-electron chi connectivity index (χ3n) is 2.00. The molecule has 86 valence electrons. The molecule has 1 heterocycles. The van der Waals surface area contributed by atoms with Crippen LogP contribution >= 0.6 is 0 Å². The number of ketones is 1. The molecule has 1 aliphatic rings. The summed E-state index contributed by atoms with van der Waals surface area (Å²) in [7, 11) is 0. The molecule has 0 aromatic carbocycles. The van der Waals surface area contributed by atoms with Gasteiger partial charge in [0, 0.05) is 6.42 Å². The predicted molar refractivity (Wildman–Crippen MR) is 51.4 cm³/mol. The molecule has 0 aromatic heterocycles. The van der Waals surface area contributed by atoms with Gasteiger partial charge >= 0.3 is 5.97 Å². The van der Waals surface area contributed by atoms with Crippen molar-refractivity contribution in [3.8, 4) is 0 Å². The van der Waals surface area contributed by atoms with E-state index in [1.165, 1.54) is 0 Å². The van der Waals surface area contributed by atoms with Gasteiger partial charge in [0.1, 0.15) is 12.7 Å². The lowest BCUT2D eigenvalue weighted by molar-refractivity contribution is -0.150. The molecule has 0 bridgehead atoms. The van der Waals surface area contributed by atoms with Gasteiger partial charge in [0.15, 0.2) is 5.78 Å². The Balaban J connectivity index is 1.99. The number of rotatable bonds is 7. The summed E-state index contributed by atoms with van der Waals surface area (Å²) in [6.45, 7) is 3.27. The fourth-order valence-electron chi connectivity index (χ4n) is 1.07. The van der Waals surface area contributed by atoms with Crippen molar-refractivity contribution >= 4 is 11.8 Å². The molecule has 0 amide bonds. The molecule has 0 aromatic rings. The SMILES string of the molecule is CCOC(=O)CCC(=O)COC1COC1. The standard InChI is InChI=1S/C10H16O5/c1-2-14-10(12)4-3-8(11)5-15-9-6-13-7-9/h9H,2-7H2,1H3. The summed E-state index contributed by atoms with van der Waals surface area (Å²) in [6, 6.07) is 0. The van der Waals surface area contributed by atoms with Crippen LogP contribution < -0.4 is 0 Å². The number of Topliss-reactive ketones (excluding diaryl/α,β-unsaturated/α-hetero) is 1. The summed E-state index contributed by atoms with van der Waals surface area (Å²) in [4.78, 5) is 22.1. The van der Waals surface area contributed by atoms with Crippen molar-refractivity contribution in [2.24, 2.45) is 0 Å². The lowest BCUT2D eigenvalue weighted by atomic mass is 10.2. The van der Waals surface area contributed by atoms with E-state index in [4.69, 9.17) is 14.2 Å². The van der Waals surface area contributed by atoms with Crippen LogP contribution in [-0.2, 0) is 23.8 Å². The Kier molecular flexibility index (Phi) is 5.28. The maximum Gasteiger partial charge on any atom is 0.306 e. The number of hydrogen-bond acceptors (Lipinski definition) is 5. The Morgan fingerprint density at radius 1 is 1.33 bits per heavy atom. The smallest absolute Gasteiger partial charge is 0.306 e. The van der Waals surface area contributed by atoms with E-state index in [0.29, 0.717) is 19.8 Å². The van der Waals surface area contributed by atoms with Gasteiger partial charge in [0.2, 0.25) is 0 Å². The van der Waals surface area contributed by atoms with Gasteiger partial charge in [-0.05, 0) is 6.92 Å². The summed E-state index contributed by atoms with van der Waals surface area (Å²) in [6.07, 6.45) is 0.375. The van der Waals surface area contributed by atoms with Crippen molar-refractivity contribution in [1.29, 1.82) is 0 Å². The first-order chi connectivity index (χ1) is 7.22. The van der Waals surface area contributed by atoms with Crippen LogP contribution in [0.4, 0.5) is 0 Å². The molecule has 0 aliphatic carbocycles. The number of ether oxygens (including phenoxy) is 3. The molecule has 0 N–H and O–H groups in total. The molecule has 1 fully saturated rings. The molecule has 1 saturated heterocycles. The van der Waals surface area contributed by atoms with Gasteiger partial charge in [-0.3, -0.25) is 9.59 Å². The van der Waals surface area contributed by atoms with Gasteiger partial charge in [0.05, 0.1) is 26.2 Å². The van der Waals surface area contributed by atoms with Gasteiger partial charge in [-0.2, -0.15) is 0 Å². The van der Waals surface area contributed by atoms with Crippen LogP contribution in [0, 0.1) is 0 Å². The van der Waals surface area contributed by atoms with E-state index in [-0.39, 0.29) is 37.3 Å². The average molecular weight is 216 g/mol. The first-order valence-corrected chi connectivity index (χ1v) is 5.09. The highest BCUT2D eigenvalue weighted by Crippen LogP contribution is 2.05. The van der Waals surface area contributed by atoms with E-state index in [9.17, 15) is 9.59 Å². The third-order valence-corrected chi connectivity index (χ3v) is 2.00. The van der Waals surface area contributed by atoms with Gasteiger partial charge in [-0.25, -0.2) is 0 Å². The zero-order chi connectivity index (χ0) is 11.1. The van der Waals surface area contributed by atoms with E-state index in [2.05, 4.69) is 0 Å². The quantitative estimate of drug-likeness (QED) is 0.573. The maximum atomic E-state index is 11.2. The second-order valence-electron chi connectivity index (χ2n) is 3.31. The molecule has 0 spiro atoms. The molecule has 15 heavy (non-hydrogen) atoms. The highest BCUT2D eigenvalue weighted by molar-refractivity contribution is 5.83. The molecule has 0 atom stereocenters. The number of hydrogen-bond donors (Lipinski definition) is 0. The zero-order valence-electron chi connectivity index (χ0n) is 8.86. The molecular weight excluding hydrogens is 200 g/mol.